The fraction of sp³-hybridized carbons (Fsp3) is 0.286. The molecule has 115 heavy (non-hydrogen) atoms. The number of phenolic OH excluding ortho intramolecular Hbond substituents is 1. The predicted octanol–water partition coefficient (Wildman–Crippen LogP) is 21.0. The van der Waals surface area contributed by atoms with Crippen LogP contribution < -0.4 is 14.2 Å². The van der Waals surface area contributed by atoms with Crippen molar-refractivity contribution in [3.8, 4) is 126 Å². The van der Waals surface area contributed by atoms with E-state index in [-0.39, 0.29) is 34.5 Å². The van der Waals surface area contributed by atoms with Crippen molar-refractivity contribution in [1.29, 1.82) is 0 Å². The minimum absolute atomic E-state index is 0.0332. The van der Waals surface area contributed by atoms with Gasteiger partial charge in [0.15, 0.2) is 11.5 Å². The molecule has 10 heterocycles. The van der Waals surface area contributed by atoms with Crippen molar-refractivity contribution in [2.75, 3.05) is 13.7 Å². The van der Waals surface area contributed by atoms with Gasteiger partial charge in [0.2, 0.25) is 35.0 Å². The predicted molar refractivity (Wildman–Crippen MR) is 440 cm³/mol. The van der Waals surface area contributed by atoms with Crippen molar-refractivity contribution >= 4 is 0 Å². The van der Waals surface area contributed by atoms with Gasteiger partial charge in [-0.3, -0.25) is 24.9 Å². The largest absolute Gasteiger partial charge is 0.507 e. The summed E-state index contributed by atoms with van der Waals surface area (Å²) in [5, 5.41) is 30.2. The monoisotopic (exact) mass is 1540 g/mol. The van der Waals surface area contributed by atoms with Crippen LogP contribution in [0.15, 0.2) is 248 Å². The summed E-state index contributed by atoms with van der Waals surface area (Å²) in [5.74, 6) is 7.96. The molecular formula is C91H95N15O9. The van der Waals surface area contributed by atoms with Crippen LogP contribution in [0.5, 0.6) is 23.0 Å². The topological polar surface area (TPSA) is 307 Å². The third kappa shape index (κ3) is 22.3. The Balaban J connectivity index is 0.000000133. The standard InChI is InChI=1S/C21H25N3O.C19H19N3O3.C19H21N3O.C17H17N3O.C15H13N3O3/c1-20(2,3)16-11-15(12-17(13-16)21(4,5)6)19-23-18(24-25-19)14-7-9-22-10-8-14;1-23-16-7-6-14(12-17(16)24-15-4-2-3-5-15)19-21-18(22-25-19)13-8-10-20-11-9-13;1-13(2)12-15-4-6-16(7-5-15)14(3)19-21-18(22-23-19)17-8-10-20-11-9-17;1-2-3-4-13-5-7-15(8-6-13)17-19-16(20-21-17)14-9-11-18-12-10-14;1-2-20-11-3-4-12(13(19)9-11)15-17-14(18-21-15)10-5-7-16-8-6-10/h7-13H,1-6H3;6-12,15H,2-5H2,1H3;4-11,13-14H,12H2,1-3H3;5-12H,2-4H2,1H3;3-9,19H,2H2,1H3. The first-order valence-corrected chi connectivity index (χ1v) is 38.6. The van der Waals surface area contributed by atoms with Gasteiger partial charge in [0.25, 0.3) is 23.6 Å². The third-order valence-electron chi connectivity index (χ3n) is 18.8. The Morgan fingerprint density at radius 2 is 0.852 bits per heavy atom. The summed E-state index contributed by atoms with van der Waals surface area (Å²) in [6.07, 6.45) is 26.5. The minimum atomic E-state index is 0.0332. The molecule has 5 aromatic carbocycles. The number of ether oxygens (including phenoxy) is 3. The molecule has 0 aliphatic heterocycles. The molecule has 0 saturated heterocycles. The Kier molecular flexibility index (Phi) is 27.4. The number of aromatic hydroxyl groups is 1. The number of methoxy groups -OCH3 is 1. The highest BCUT2D eigenvalue weighted by molar-refractivity contribution is 5.68. The summed E-state index contributed by atoms with van der Waals surface area (Å²) < 4.78 is 43.8. The number of phenols is 1. The summed E-state index contributed by atoms with van der Waals surface area (Å²) in [5.41, 5.74) is 14.1. The van der Waals surface area contributed by atoms with E-state index in [0.717, 1.165) is 75.9 Å². The molecule has 24 nitrogen and oxygen atoms in total. The first-order valence-electron chi connectivity index (χ1n) is 38.6. The number of nitrogens with zero attached hydrogens (tertiary/aromatic N) is 15. The molecule has 10 aromatic heterocycles. The average molecular weight is 1540 g/mol. The summed E-state index contributed by atoms with van der Waals surface area (Å²) in [6, 6.07) is 52.7. The molecule has 0 amide bonds. The van der Waals surface area contributed by atoms with Gasteiger partial charge in [-0.25, -0.2) is 0 Å². The van der Waals surface area contributed by atoms with Crippen LogP contribution in [0.3, 0.4) is 0 Å². The van der Waals surface area contributed by atoms with E-state index in [1.54, 1.807) is 93.3 Å². The summed E-state index contributed by atoms with van der Waals surface area (Å²) in [6.45, 7) is 24.5. The van der Waals surface area contributed by atoms with Crippen LogP contribution in [0.2, 0.25) is 0 Å². The summed E-state index contributed by atoms with van der Waals surface area (Å²) in [7, 11) is 1.64. The van der Waals surface area contributed by atoms with Gasteiger partial charge in [-0.05, 0) is 219 Å². The molecule has 15 aromatic rings. The van der Waals surface area contributed by atoms with E-state index >= 15 is 0 Å². The van der Waals surface area contributed by atoms with Crippen LogP contribution in [0.4, 0.5) is 0 Å². The van der Waals surface area contributed by atoms with E-state index in [4.69, 9.17) is 36.8 Å². The average Bonchev–Trinajstić information content (AvgIpc) is 1.79. The Morgan fingerprint density at radius 3 is 1.30 bits per heavy atom. The number of aromatic nitrogens is 15. The third-order valence-corrected chi connectivity index (χ3v) is 18.8. The molecule has 1 fully saturated rings. The molecule has 0 bridgehead atoms. The number of rotatable bonds is 21. The Morgan fingerprint density at radius 1 is 0.426 bits per heavy atom. The Hall–Kier alpha value is -13.3. The molecular weight excluding hydrogens is 1450 g/mol. The maximum atomic E-state index is 10.0. The first kappa shape index (κ1) is 81.2. The molecule has 1 atom stereocenters. The van der Waals surface area contributed by atoms with Crippen molar-refractivity contribution in [2.24, 2.45) is 5.92 Å². The summed E-state index contributed by atoms with van der Waals surface area (Å²) >= 11 is 0. The van der Waals surface area contributed by atoms with Crippen molar-refractivity contribution in [2.45, 2.75) is 150 Å². The molecule has 1 aliphatic carbocycles. The van der Waals surface area contributed by atoms with Gasteiger partial charge < -0.3 is 41.9 Å². The van der Waals surface area contributed by atoms with Crippen LogP contribution in [-0.2, 0) is 23.7 Å². The SMILES string of the molecule is CC(C)(C)c1cc(-c2nc(-c3ccncc3)no2)cc(C(C)(C)C)c1.CC(C)Cc1ccc(C(C)c2nc(-c3ccncc3)no2)cc1.CCCCc1ccc(-c2nc(-c3ccncc3)no2)cc1.CCOc1ccc(-c2nc(-c3ccncc3)no2)c(O)c1.COc1ccc(-c2nc(-c3ccncc3)no2)cc1OC1CCCC1. The lowest BCUT2D eigenvalue weighted by Crippen LogP contribution is -2.16. The Bertz CT molecular complexity index is 5440. The quantitative estimate of drug-likeness (QED) is 0.0698. The maximum Gasteiger partial charge on any atom is 0.262 e. The van der Waals surface area contributed by atoms with E-state index in [1.165, 1.54) is 59.6 Å². The van der Waals surface area contributed by atoms with Crippen molar-refractivity contribution < 1.29 is 41.9 Å². The second-order valence-corrected chi connectivity index (χ2v) is 30.0. The second kappa shape index (κ2) is 38.8. The molecule has 1 aliphatic rings. The van der Waals surface area contributed by atoms with Gasteiger partial charge in [-0.1, -0.05) is 137 Å². The lowest BCUT2D eigenvalue weighted by Gasteiger charge is -2.25. The number of benzene rings is 5. The maximum absolute atomic E-state index is 10.0. The summed E-state index contributed by atoms with van der Waals surface area (Å²) in [4.78, 5) is 42.3. The molecule has 1 unspecified atom stereocenters. The zero-order chi connectivity index (χ0) is 80.7. The molecule has 16 rings (SSSR count). The van der Waals surface area contributed by atoms with Gasteiger partial charge in [0, 0.05) is 113 Å². The smallest absolute Gasteiger partial charge is 0.262 e. The van der Waals surface area contributed by atoms with E-state index in [9.17, 15) is 5.11 Å². The lowest BCUT2D eigenvalue weighted by molar-refractivity contribution is 0.201. The van der Waals surface area contributed by atoms with Gasteiger partial charge in [0.1, 0.15) is 11.5 Å². The van der Waals surface area contributed by atoms with E-state index in [2.05, 4.69) is 199 Å². The highest BCUT2D eigenvalue weighted by Gasteiger charge is 2.25. The van der Waals surface area contributed by atoms with Gasteiger partial charge in [-0.2, -0.15) is 24.9 Å². The van der Waals surface area contributed by atoms with Gasteiger partial charge >= 0.3 is 0 Å². The van der Waals surface area contributed by atoms with Crippen molar-refractivity contribution in [3.05, 3.63) is 259 Å². The highest BCUT2D eigenvalue weighted by Crippen LogP contribution is 2.39. The number of hydrogen-bond donors (Lipinski definition) is 1. The van der Waals surface area contributed by atoms with Gasteiger partial charge in [0.05, 0.1) is 31.3 Å². The molecule has 24 heteroatoms. The molecule has 588 valence electrons. The van der Waals surface area contributed by atoms with E-state index in [1.807, 2.05) is 85.8 Å². The highest BCUT2D eigenvalue weighted by atomic mass is 16.5. The molecule has 1 N–H and O–H groups in total. The minimum Gasteiger partial charge on any atom is -0.507 e. The zero-order valence-corrected chi connectivity index (χ0v) is 66.9. The molecule has 0 spiro atoms. The fourth-order valence-electron chi connectivity index (χ4n) is 12.3. The van der Waals surface area contributed by atoms with E-state index in [0.29, 0.717) is 82.3 Å². The molecule has 1 saturated carbocycles. The fourth-order valence-corrected chi connectivity index (χ4v) is 12.3. The van der Waals surface area contributed by atoms with Crippen molar-refractivity contribution in [1.82, 2.24) is 75.6 Å². The van der Waals surface area contributed by atoms with Crippen LogP contribution >= 0.6 is 0 Å². The zero-order valence-electron chi connectivity index (χ0n) is 66.9. The normalized spacial score (nSPS) is 12.3. The second-order valence-electron chi connectivity index (χ2n) is 30.0. The van der Waals surface area contributed by atoms with Crippen molar-refractivity contribution in [3.63, 3.8) is 0 Å². The van der Waals surface area contributed by atoms with Crippen LogP contribution in [-0.4, -0.2) is 101 Å². The van der Waals surface area contributed by atoms with Crippen LogP contribution in [0.25, 0.3) is 103 Å². The first-order chi connectivity index (χ1) is 55.7. The van der Waals surface area contributed by atoms with Crippen LogP contribution in [0, 0.1) is 5.92 Å². The Labute approximate surface area is 669 Å². The lowest BCUT2D eigenvalue weighted by atomic mass is 9.79. The molecule has 0 radical (unpaired) electrons. The number of hydrogen-bond acceptors (Lipinski definition) is 24. The van der Waals surface area contributed by atoms with E-state index < -0.39 is 0 Å². The van der Waals surface area contributed by atoms with Gasteiger partial charge in [-0.15, -0.1) is 0 Å². The number of pyridine rings is 5. The van der Waals surface area contributed by atoms with Crippen LogP contribution in [0.1, 0.15) is 154 Å². The number of aryl methyl sites for hydroxylation is 1. The number of unbranched alkanes of at least 4 members (excludes halogenated alkanes) is 1.